The fraction of sp³-hybridized carbons (Fsp3) is 0.700. The van der Waals surface area contributed by atoms with E-state index < -0.39 is 5.97 Å². The molecule has 0 amide bonds. The number of carbonyl (C=O) groups excluding carboxylic acids is 1. The van der Waals surface area contributed by atoms with E-state index in [0.29, 0.717) is 25.9 Å². The summed E-state index contributed by atoms with van der Waals surface area (Å²) in [5.41, 5.74) is 0. The molecule has 0 aromatic rings. The van der Waals surface area contributed by atoms with Gasteiger partial charge in [0.15, 0.2) is 0 Å². The molecule has 0 aromatic heterocycles. The number of carbonyl (C=O) groups is 2. The zero-order valence-corrected chi connectivity index (χ0v) is 15.2. The third-order valence-electron chi connectivity index (χ3n) is 3.65. The first-order valence-corrected chi connectivity index (χ1v) is 9.34. The van der Waals surface area contributed by atoms with Gasteiger partial charge in [0.25, 0.3) is 0 Å². The number of allylic oxidation sites excluding steroid dienone is 3. The van der Waals surface area contributed by atoms with Crippen LogP contribution in [0.5, 0.6) is 0 Å². The summed E-state index contributed by atoms with van der Waals surface area (Å²) in [7, 11) is 0. The molecule has 0 radical (unpaired) electrons. The van der Waals surface area contributed by atoms with Gasteiger partial charge in [-0.2, -0.15) is 0 Å². The molecule has 138 valence electrons. The molecule has 0 fully saturated rings. The highest BCUT2D eigenvalue weighted by atomic mass is 16.5. The highest BCUT2D eigenvalue weighted by Crippen LogP contribution is 2.06. The van der Waals surface area contributed by atoms with E-state index in [1.165, 1.54) is 32.1 Å². The van der Waals surface area contributed by atoms with Crippen LogP contribution >= 0.6 is 0 Å². The summed E-state index contributed by atoms with van der Waals surface area (Å²) in [5, 5.41) is 8.49. The topological polar surface area (TPSA) is 63.6 Å². The Morgan fingerprint density at radius 2 is 1.50 bits per heavy atom. The van der Waals surface area contributed by atoms with Gasteiger partial charge in [0, 0.05) is 12.8 Å². The summed E-state index contributed by atoms with van der Waals surface area (Å²) in [4.78, 5) is 21.7. The van der Waals surface area contributed by atoms with E-state index in [1.54, 1.807) is 0 Å². The first-order chi connectivity index (χ1) is 11.7. The number of rotatable bonds is 16. The number of aliphatic carboxylic acids is 1. The fourth-order valence-electron chi connectivity index (χ4n) is 2.23. The Morgan fingerprint density at radius 1 is 0.833 bits per heavy atom. The number of carboxylic acids is 1. The van der Waals surface area contributed by atoms with E-state index in [9.17, 15) is 9.59 Å². The molecule has 0 saturated heterocycles. The van der Waals surface area contributed by atoms with E-state index in [0.717, 1.165) is 19.3 Å². The third-order valence-corrected chi connectivity index (χ3v) is 3.65. The van der Waals surface area contributed by atoms with Crippen LogP contribution in [0.2, 0.25) is 0 Å². The normalized spacial score (nSPS) is 11.4. The Bertz CT molecular complexity index is 372. The molecule has 0 unspecified atom stereocenters. The predicted molar refractivity (Wildman–Crippen MR) is 98.0 cm³/mol. The van der Waals surface area contributed by atoms with Gasteiger partial charge in [0.05, 0.1) is 6.61 Å². The summed E-state index contributed by atoms with van der Waals surface area (Å²) in [6.07, 6.45) is 19.5. The average Bonchev–Trinajstić information content (AvgIpc) is 2.55. The molecule has 24 heavy (non-hydrogen) atoms. The minimum Gasteiger partial charge on any atom is -0.481 e. The summed E-state index contributed by atoms with van der Waals surface area (Å²) in [6.45, 7) is 2.63. The van der Waals surface area contributed by atoms with E-state index in [-0.39, 0.29) is 12.4 Å². The van der Waals surface area contributed by atoms with Crippen LogP contribution in [0.1, 0.15) is 84.0 Å². The number of unbranched alkanes of at least 4 members (excludes halogenated alkanes) is 6. The van der Waals surface area contributed by atoms with Crippen LogP contribution in [0.15, 0.2) is 24.3 Å². The minimum absolute atomic E-state index is 0.113. The van der Waals surface area contributed by atoms with Crippen molar-refractivity contribution in [1.29, 1.82) is 0 Å². The van der Waals surface area contributed by atoms with Crippen LogP contribution < -0.4 is 0 Å². The molecule has 1 N–H and O–H groups in total. The van der Waals surface area contributed by atoms with Crippen LogP contribution in [0.3, 0.4) is 0 Å². The van der Waals surface area contributed by atoms with Crippen LogP contribution in [-0.4, -0.2) is 23.7 Å². The number of carboxylic acid groups (broad SMARTS) is 1. The Balaban J connectivity index is 3.36. The molecule has 0 aliphatic rings. The molecule has 4 nitrogen and oxygen atoms in total. The third kappa shape index (κ3) is 18.5. The molecule has 0 aliphatic heterocycles. The van der Waals surface area contributed by atoms with Crippen molar-refractivity contribution in [1.82, 2.24) is 0 Å². The number of hydrogen-bond donors (Lipinski definition) is 1. The monoisotopic (exact) mass is 338 g/mol. The number of ether oxygens (including phenoxy) is 1. The second-order valence-corrected chi connectivity index (χ2v) is 5.99. The van der Waals surface area contributed by atoms with E-state index in [2.05, 4.69) is 25.2 Å². The molecule has 0 bridgehead atoms. The maximum Gasteiger partial charge on any atom is 0.305 e. The molecular weight excluding hydrogens is 304 g/mol. The van der Waals surface area contributed by atoms with Gasteiger partial charge in [0.2, 0.25) is 0 Å². The lowest BCUT2D eigenvalue weighted by atomic mass is 10.1. The van der Waals surface area contributed by atoms with E-state index in [4.69, 9.17) is 9.84 Å². The smallest absolute Gasteiger partial charge is 0.305 e. The van der Waals surface area contributed by atoms with Crippen molar-refractivity contribution >= 4 is 11.9 Å². The van der Waals surface area contributed by atoms with E-state index in [1.807, 2.05) is 6.08 Å². The van der Waals surface area contributed by atoms with Gasteiger partial charge < -0.3 is 9.84 Å². The average molecular weight is 338 g/mol. The number of hydrogen-bond acceptors (Lipinski definition) is 3. The first-order valence-electron chi connectivity index (χ1n) is 9.34. The van der Waals surface area contributed by atoms with Gasteiger partial charge in [-0.05, 0) is 38.5 Å². The Morgan fingerprint density at radius 3 is 2.21 bits per heavy atom. The molecule has 0 saturated carbocycles. The lowest BCUT2D eigenvalue weighted by Crippen LogP contribution is -2.05. The highest BCUT2D eigenvalue weighted by Gasteiger charge is 2.03. The molecule has 0 heterocycles. The highest BCUT2D eigenvalue weighted by molar-refractivity contribution is 5.69. The van der Waals surface area contributed by atoms with Crippen molar-refractivity contribution in [3.8, 4) is 0 Å². The first kappa shape index (κ1) is 22.4. The molecule has 0 aliphatic carbocycles. The lowest BCUT2D eigenvalue weighted by Gasteiger charge is -2.02. The fourth-order valence-corrected chi connectivity index (χ4v) is 2.23. The van der Waals surface area contributed by atoms with Crippen LogP contribution in [0.4, 0.5) is 0 Å². The zero-order valence-electron chi connectivity index (χ0n) is 15.2. The number of esters is 1. The standard InChI is InChI=1S/C20H34O4/c1-2-3-4-5-6-7-8-9-10-11-12-15-18-24-20(23)17-14-13-16-19(21)22/h8-9,11-12H,2-7,10,13-18H2,1H3,(H,21,22)/b9-8-,12-11-. The van der Waals surface area contributed by atoms with Crippen molar-refractivity contribution in [2.75, 3.05) is 6.61 Å². The molecule has 0 aromatic carbocycles. The summed E-state index contributed by atoms with van der Waals surface area (Å²) in [5.74, 6) is -1.06. The van der Waals surface area contributed by atoms with Crippen molar-refractivity contribution in [2.24, 2.45) is 0 Å². The van der Waals surface area contributed by atoms with Gasteiger partial charge in [-0.1, -0.05) is 56.9 Å². The van der Waals surface area contributed by atoms with Gasteiger partial charge in [-0.15, -0.1) is 0 Å². The quantitative estimate of drug-likeness (QED) is 0.232. The molecular formula is C20H34O4. The molecule has 0 atom stereocenters. The largest absolute Gasteiger partial charge is 0.481 e. The van der Waals surface area contributed by atoms with Crippen molar-refractivity contribution in [3.05, 3.63) is 24.3 Å². The minimum atomic E-state index is -0.820. The Kier molecular flexibility index (Phi) is 16.6. The Labute approximate surface area is 147 Å². The maximum atomic E-state index is 11.4. The lowest BCUT2D eigenvalue weighted by molar-refractivity contribution is -0.144. The van der Waals surface area contributed by atoms with Crippen molar-refractivity contribution < 1.29 is 19.4 Å². The summed E-state index contributed by atoms with van der Waals surface area (Å²) in [6, 6.07) is 0. The molecule has 4 heteroatoms. The van der Waals surface area contributed by atoms with Crippen LogP contribution in [-0.2, 0) is 14.3 Å². The molecule has 0 rings (SSSR count). The van der Waals surface area contributed by atoms with Crippen LogP contribution in [0.25, 0.3) is 0 Å². The van der Waals surface area contributed by atoms with Crippen molar-refractivity contribution in [2.45, 2.75) is 84.0 Å². The second kappa shape index (κ2) is 17.8. The zero-order chi connectivity index (χ0) is 17.9. The molecule has 0 spiro atoms. The maximum absolute atomic E-state index is 11.4. The van der Waals surface area contributed by atoms with Crippen LogP contribution in [0, 0.1) is 0 Å². The summed E-state index contributed by atoms with van der Waals surface area (Å²) >= 11 is 0. The van der Waals surface area contributed by atoms with Gasteiger partial charge in [-0.3, -0.25) is 9.59 Å². The van der Waals surface area contributed by atoms with Gasteiger partial charge in [-0.25, -0.2) is 0 Å². The van der Waals surface area contributed by atoms with E-state index >= 15 is 0 Å². The predicted octanol–water partition coefficient (Wildman–Crippen LogP) is 5.43. The summed E-state index contributed by atoms with van der Waals surface area (Å²) < 4.78 is 5.09. The Hall–Kier alpha value is -1.58. The van der Waals surface area contributed by atoms with Gasteiger partial charge in [0.1, 0.15) is 0 Å². The van der Waals surface area contributed by atoms with Gasteiger partial charge >= 0.3 is 11.9 Å². The SMILES string of the molecule is CCCCCCC/C=C\C/C=C\CCOC(=O)CCCCC(=O)O. The second-order valence-electron chi connectivity index (χ2n) is 5.99. The van der Waals surface area contributed by atoms with Crippen molar-refractivity contribution in [3.63, 3.8) is 0 Å².